The van der Waals surface area contributed by atoms with Gasteiger partial charge in [-0.05, 0) is 27.4 Å². The second kappa shape index (κ2) is 4.37. The average Bonchev–Trinajstić information content (AvgIpc) is 2.09. The Morgan fingerprint density at radius 3 is 2.54 bits per heavy atom. The van der Waals surface area contributed by atoms with Crippen LogP contribution in [-0.4, -0.2) is 60.2 Å². The Bertz CT molecular complexity index is 163. The predicted molar refractivity (Wildman–Crippen MR) is 49.5 cm³/mol. The van der Waals surface area contributed by atoms with Crippen molar-refractivity contribution in [2.24, 2.45) is 0 Å². The fourth-order valence-electron chi connectivity index (χ4n) is 1.80. The van der Waals surface area contributed by atoms with Crippen LogP contribution in [0.4, 0.5) is 0 Å². The Hall–Kier alpha value is -0.160. The summed E-state index contributed by atoms with van der Waals surface area (Å²) in [7, 11) is 3.86. The first-order valence-corrected chi connectivity index (χ1v) is 4.67. The molecule has 1 rings (SSSR count). The Morgan fingerprint density at radius 1 is 1.46 bits per heavy atom. The number of ether oxygens (including phenoxy) is 1. The van der Waals surface area contributed by atoms with Crippen LogP contribution >= 0.6 is 0 Å². The molecule has 4 nitrogen and oxygen atoms in total. The van der Waals surface area contributed by atoms with Crippen molar-refractivity contribution in [3.05, 3.63) is 0 Å². The van der Waals surface area contributed by atoms with Gasteiger partial charge < -0.3 is 19.8 Å². The summed E-state index contributed by atoms with van der Waals surface area (Å²) in [5, 5.41) is 18.7. The zero-order valence-corrected chi connectivity index (χ0v) is 8.47. The summed E-state index contributed by atoms with van der Waals surface area (Å²) >= 11 is 0. The summed E-state index contributed by atoms with van der Waals surface area (Å²) in [6, 6.07) is 0.0842. The monoisotopic (exact) mass is 189 g/mol. The fourth-order valence-corrected chi connectivity index (χ4v) is 1.80. The Kier molecular flexibility index (Phi) is 3.67. The molecule has 0 aliphatic carbocycles. The molecule has 1 aliphatic heterocycles. The molecule has 78 valence electrons. The first-order chi connectivity index (χ1) is 6.06. The van der Waals surface area contributed by atoms with Crippen LogP contribution in [0.2, 0.25) is 0 Å². The van der Waals surface area contributed by atoms with Gasteiger partial charge in [0.15, 0.2) is 0 Å². The first-order valence-electron chi connectivity index (χ1n) is 4.67. The summed E-state index contributed by atoms with van der Waals surface area (Å²) in [4.78, 5) is 1.98. The summed E-state index contributed by atoms with van der Waals surface area (Å²) in [6.07, 6.45) is -0.100. The van der Waals surface area contributed by atoms with Crippen molar-refractivity contribution >= 4 is 0 Å². The highest BCUT2D eigenvalue weighted by atomic mass is 16.5. The molecule has 2 unspecified atom stereocenters. The summed E-state index contributed by atoms with van der Waals surface area (Å²) in [6.45, 7) is 1.87. The zero-order chi connectivity index (χ0) is 10.0. The summed E-state index contributed by atoms with van der Waals surface area (Å²) in [5.74, 6) is 0. The molecule has 0 radical (unpaired) electrons. The van der Waals surface area contributed by atoms with Crippen LogP contribution in [0.1, 0.15) is 13.3 Å². The molecule has 0 saturated carbocycles. The van der Waals surface area contributed by atoms with Crippen LogP contribution in [0.3, 0.4) is 0 Å². The lowest BCUT2D eigenvalue weighted by Gasteiger charge is -2.40. The van der Waals surface area contributed by atoms with E-state index < -0.39 is 6.10 Å². The van der Waals surface area contributed by atoms with Gasteiger partial charge >= 0.3 is 0 Å². The number of aliphatic hydroxyl groups excluding tert-OH is 2. The van der Waals surface area contributed by atoms with Gasteiger partial charge in [-0.1, -0.05) is 0 Å². The minimum atomic E-state index is -0.460. The highest BCUT2D eigenvalue weighted by molar-refractivity contribution is 4.87. The highest BCUT2D eigenvalue weighted by Crippen LogP contribution is 2.22. The maximum atomic E-state index is 9.77. The van der Waals surface area contributed by atoms with E-state index in [9.17, 15) is 5.11 Å². The number of hydrogen-bond donors (Lipinski definition) is 2. The van der Waals surface area contributed by atoms with Crippen molar-refractivity contribution in [2.45, 2.75) is 37.7 Å². The molecule has 13 heavy (non-hydrogen) atoms. The van der Waals surface area contributed by atoms with Gasteiger partial charge in [0.1, 0.15) is 0 Å². The molecule has 0 bridgehead atoms. The number of rotatable bonds is 2. The molecule has 4 heteroatoms. The molecular formula is C9H19NO3. The van der Waals surface area contributed by atoms with Gasteiger partial charge in [0.2, 0.25) is 0 Å². The van der Waals surface area contributed by atoms with Crippen LogP contribution in [0, 0.1) is 0 Å². The second-order valence-electron chi connectivity index (χ2n) is 3.90. The normalized spacial score (nSPS) is 41.1. The Balaban J connectivity index is 2.60. The van der Waals surface area contributed by atoms with Crippen LogP contribution < -0.4 is 0 Å². The van der Waals surface area contributed by atoms with E-state index in [1.165, 1.54) is 0 Å². The van der Waals surface area contributed by atoms with Crippen molar-refractivity contribution in [1.82, 2.24) is 4.90 Å². The number of hydrogen-bond acceptors (Lipinski definition) is 4. The first kappa shape index (κ1) is 10.9. The lowest BCUT2D eigenvalue weighted by Crippen LogP contribution is -2.53. The second-order valence-corrected chi connectivity index (χ2v) is 3.90. The van der Waals surface area contributed by atoms with E-state index in [1.54, 1.807) is 0 Å². The average molecular weight is 189 g/mol. The fraction of sp³-hybridized carbons (Fsp3) is 1.00. The van der Waals surface area contributed by atoms with E-state index in [0.717, 1.165) is 0 Å². The molecule has 1 heterocycles. The van der Waals surface area contributed by atoms with Crippen LogP contribution in [0.5, 0.6) is 0 Å². The summed E-state index contributed by atoms with van der Waals surface area (Å²) < 4.78 is 5.40. The molecule has 1 saturated heterocycles. The maximum absolute atomic E-state index is 9.77. The zero-order valence-electron chi connectivity index (χ0n) is 8.47. The molecule has 2 N–H and O–H groups in total. The SMILES string of the molecule is C[C@@H]1O[C@H](CO)CC(N(C)C)C1O. The van der Waals surface area contributed by atoms with Gasteiger partial charge in [-0.15, -0.1) is 0 Å². The van der Waals surface area contributed by atoms with Crippen molar-refractivity contribution < 1.29 is 14.9 Å². The smallest absolute Gasteiger partial charge is 0.0954 e. The largest absolute Gasteiger partial charge is 0.394 e. The molecule has 4 atom stereocenters. The van der Waals surface area contributed by atoms with E-state index in [1.807, 2.05) is 25.9 Å². The van der Waals surface area contributed by atoms with Crippen LogP contribution in [0.25, 0.3) is 0 Å². The molecule has 0 spiro atoms. The minimum absolute atomic E-state index is 0.0292. The van der Waals surface area contributed by atoms with Crippen LogP contribution in [-0.2, 0) is 4.74 Å². The molecule has 0 aromatic carbocycles. The van der Waals surface area contributed by atoms with Gasteiger partial charge in [0, 0.05) is 6.04 Å². The molecule has 0 aromatic heterocycles. The Labute approximate surface area is 79.1 Å². The van der Waals surface area contributed by atoms with Crippen LogP contribution in [0.15, 0.2) is 0 Å². The van der Waals surface area contributed by atoms with Gasteiger partial charge in [-0.25, -0.2) is 0 Å². The predicted octanol–water partition coefficient (Wildman–Crippen LogP) is -0.553. The van der Waals surface area contributed by atoms with Crippen molar-refractivity contribution in [3.8, 4) is 0 Å². The maximum Gasteiger partial charge on any atom is 0.0954 e. The van der Waals surface area contributed by atoms with Gasteiger partial charge in [-0.2, -0.15) is 0 Å². The lowest BCUT2D eigenvalue weighted by atomic mass is 9.95. The third-order valence-corrected chi connectivity index (χ3v) is 2.65. The van der Waals surface area contributed by atoms with E-state index in [-0.39, 0.29) is 24.9 Å². The quantitative estimate of drug-likeness (QED) is 0.612. The van der Waals surface area contributed by atoms with Crippen molar-refractivity contribution in [1.29, 1.82) is 0 Å². The van der Waals surface area contributed by atoms with Crippen molar-refractivity contribution in [2.75, 3.05) is 20.7 Å². The third-order valence-electron chi connectivity index (χ3n) is 2.65. The number of nitrogens with zero attached hydrogens (tertiary/aromatic N) is 1. The highest BCUT2D eigenvalue weighted by Gasteiger charge is 2.35. The molecule has 1 aliphatic rings. The topological polar surface area (TPSA) is 52.9 Å². The standard InChI is InChI=1S/C9H19NO3/c1-6-9(12)8(10(2)3)4-7(5-11)13-6/h6-9,11-12H,4-5H2,1-3H3/t6-,7-,8?,9?/m0/s1. The molecule has 0 amide bonds. The van der Waals surface area contributed by atoms with E-state index in [2.05, 4.69) is 0 Å². The van der Waals surface area contributed by atoms with Crippen molar-refractivity contribution in [3.63, 3.8) is 0 Å². The van der Waals surface area contributed by atoms with E-state index in [4.69, 9.17) is 9.84 Å². The van der Waals surface area contributed by atoms with E-state index >= 15 is 0 Å². The number of aliphatic hydroxyl groups is 2. The molecular weight excluding hydrogens is 170 g/mol. The lowest BCUT2D eigenvalue weighted by molar-refractivity contribution is -0.150. The van der Waals surface area contributed by atoms with Gasteiger partial charge in [-0.3, -0.25) is 0 Å². The van der Waals surface area contributed by atoms with E-state index in [0.29, 0.717) is 6.42 Å². The number of likely N-dealkylation sites (N-methyl/N-ethyl adjacent to an activating group) is 1. The molecule has 0 aromatic rings. The Morgan fingerprint density at radius 2 is 2.08 bits per heavy atom. The molecule has 1 fully saturated rings. The van der Waals surface area contributed by atoms with Gasteiger partial charge in [0.05, 0.1) is 24.9 Å². The minimum Gasteiger partial charge on any atom is -0.394 e. The third kappa shape index (κ3) is 2.40. The van der Waals surface area contributed by atoms with Gasteiger partial charge in [0.25, 0.3) is 0 Å². The summed E-state index contributed by atoms with van der Waals surface area (Å²) in [5.41, 5.74) is 0.